The van der Waals surface area contributed by atoms with E-state index in [1.54, 1.807) is 0 Å². The number of aryl methyl sites for hydroxylation is 1. The molecule has 5 nitrogen and oxygen atoms in total. The van der Waals surface area contributed by atoms with Crippen molar-refractivity contribution in [1.82, 2.24) is 14.7 Å². The zero-order valence-corrected chi connectivity index (χ0v) is 21.6. The van der Waals surface area contributed by atoms with Gasteiger partial charge in [-0.25, -0.2) is 0 Å². The van der Waals surface area contributed by atoms with Crippen LogP contribution in [-0.2, 0) is 16.0 Å². The Kier molecular flexibility index (Phi) is 8.79. The van der Waals surface area contributed by atoms with Gasteiger partial charge in [-0.15, -0.1) is 11.3 Å². The zero-order chi connectivity index (χ0) is 23.9. The van der Waals surface area contributed by atoms with Crippen LogP contribution >= 0.6 is 11.3 Å². The summed E-state index contributed by atoms with van der Waals surface area (Å²) >= 11 is 1.83. The molecule has 184 valence electrons. The molecule has 3 heterocycles. The number of carbonyl (C=O) groups is 2. The maximum atomic E-state index is 13.4. The second kappa shape index (κ2) is 12.0. The van der Waals surface area contributed by atoms with Gasteiger partial charge in [0.25, 0.3) is 0 Å². The minimum atomic E-state index is 0.133. The molecule has 1 atom stereocenters. The van der Waals surface area contributed by atoms with E-state index in [4.69, 9.17) is 0 Å². The van der Waals surface area contributed by atoms with Crippen LogP contribution in [0.25, 0.3) is 0 Å². The van der Waals surface area contributed by atoms with Gasteiger partial charge in [0.05, 0.1) is 12.6 Å². The highest BCUT2D eigenvalue weighted by Crippen LogP contribution is 2.38. The molecule has 0 spiro atoms. The first-order valence-corrected chi connectivity index (χ1v) is 13.9. The van der Waals surface area contributed by atoms with Crippen LogP contribution in [0.3, 0.4) is 0 Å². The molecule has 0 aliphatic carbocycles. The Morgan fingerprint density at radius 3 is 2.44 bits per heavy atom. The molecule has 2 aliphatic rings. The molecule has 0 saturated carbocycles. The molecule has 1 unspecified atom stereocenters. The van der Waals surface area contributed by atoms with Crippen molar-refractivity contribution < 1.29 is 9.59 Å². The molecule has 2 aromatic rings. The predicted molar refractivity (Wildman–Crippen MR) is 139 cm³/mol. The lowest BCUT2D eigenvalue weighted by atomic mass is 9.90. The Bertz CT molecular complexity index is 972. The van der Waals surface area contributed by atoms with Crippen molar-refractivity contribution in [2.24, 2.45) is 0 Å². The Balaban J connectivity index is 1.39. The van der Waals surface area contributed by atoms with E-state index < -0.39 is 0 Å². The lowest BCUT2D eigenvalue weighted by molar-refractivity contribution is -0.134. The van der Waals surface area contributed by atoms with Crippen molar-refractivity contribution >= 4 is 23.2 Å². The fourth-order valence-electron chi connectivity index (χ4n) is 5.35. The summed E-state index contributed by atoms with van der Waals surface area (Å²) in [6.07, 6.45) is 7.00. The maximum absolute atomic E-state index is 13.4. The number of thiophene rings is 1. The van der Waals surface area contributed by atoms with Gasteiger partial charge < -0.3 is 9.80 Å². The quantitative estimate of drug-likeness (QED) is 0.497. The Morgan fingerprint density at radius 1 is 0.912 bits per heavy atom. The number of fused-ring (bicyclic) bond motifs is 1. The van der Waals surface area contributed by atoms with E-state index in [0.29, 0.717) is 26.1 Å². The molecular formula is C28H39N3O2S. The number of hydrogen-bond donors (Lipinski definition) is 0. The average Bonchev–Trinajstić information content (AvgIpc) is 3.17. The third-order valence-corrected chi connectivity index (χ3v) is 8.33. The van der Waals surface area contributed by atoms with Crippen LogP contribution in [-0.4, -0.2) is 65.8 Å². The van der Waals surface area contributed by atoms with Crippen LogP contribution in [0.15, 0.2) is 35.7 Å². The zero-order valence-electron chi connectivity index (χ0n) is 20.8. The summed E-state index contributed by atoms with van der Waals surface area (Å²) in [6, 6.07) is 10.9. The van der Waals surface area contributed by atoms with Crippen LogP contribution in [0.5, 0.6) is 0 Å². The standard InChI is InChI=1S/C28H39N3O2S/c1-3-4-5-6-12-26(32)29-15-9-16-30(19-18-29)27(33)21-31-17-13-25-24(14-20-34-25)28(31)23-11-8-7-10-22(23)2/h7-8,10-11,14,20,28H,3-6,9,12-13,15-19,21H2,1-2H3. The summed E-state index contributed by atoms with van der Waals surface area (Å²) in [5.74, 6) is 0.445. The number of hydrogen-bond acceptors (Lipinski definition) is 4. The summed E-state index contributed by atoms with van der Waals surface area (Å²) in [4.78, 5) is 33.9. The molecule has 1 aromatic heterocycles. The van der Waals surface area contributed by atoms with Crippen LogP contribution in [0, 0.1) is 6.92 Å². The van der Waals surface area contributed by atoms with Crippen LogP contribution in [0.4, 0.5) is 0 Å². The van der Waals surface area contributed by atoms with Crippen molar-refractivity contribution in [3.8, 4) is 0 Å². The lowest BCUT2D eigenvalue weighted by Gasteiger charge is -2.37. The van der Waals surface area contributed by atoms with E-state index in [-0.39, 0.29) is 17.9 Å². The first-order chi connectivity index (χ1) is 16.6. The Hall–Kier alpha value is -2.18. The Labute approximate surface area is 208 Å². The summed E-state index contributed by atoms with van der Waals surface area (Å²) in [7, 11) is 0. The normalized spacial score (nSPS) is 19.1. The molecule has 1 aromatic carbocycles. The Morgan fingerprint density at radius 2 is 1.68 bits per heavy atom. The van der Waals surface area contributed by atoms with Crippen molar-refractivity contribution in [2.75, 3.05) is 39.3 Å². The number of rotatable bonds is 8. The number of carbonyl (C=O) groups excluding carboxylic acids is 2. The van der Waals surface area contributed by atoms with E-state index in [1.165, 1.54) is 34.4 Å². The average molecular weight is 482 g/mol. The van der Waals surface area contributed by atoms with Gasteiger partial charge in [0, 0.05) is 44.0 Å². The van der Waals surface area contributed by atoms with E-state index in [0.717, 1.165) is 45.3 Å². The smallest absolute Gasteiger partial charge is 0.236 e. The van der Waals surface area contributed by atoms with Gasteiger partial charge in [-0.05, 0) is 54.3 Å². The fourth-order valence-corrected chi connectivity index (χ4v) is 6.25. The second-order valence-electron chi connectivity index (χ2n) is 9.70. The topological polar surface area (TPSA) is 43.9 Å². The molecule has 0 radical (unpaired) electrons. The molecule has 0 bridgehead atoms. The first-order valence-electron chi connectivity index (χ1n) is 13.0. The largest absolute Gasteiger partial charge is 0.341 e. The van der Waals surface area contributed by atoms with E-state index in [2.05, 4.69) is 54.5 Å². The monoisotopic (exact) mass is 481 g/mol. The van der Waals surface area contributed by atoms with Gasteiger partial charge in [-0.3, -0.25) is 14.5 Å². The van der Waals surface area contributed by atoms with Crippen molar-refractivity contribution in [3.05, 3.63) is 57.3 Å². The summed E-state index contributed by atoms with van der Waals surface area (Å²) in [5, 5.41) is 2.18. The highest BCUT2D eigenvalue weighted by molar-refractivity contribution is 7.10. The first kappa shape index (κ1) is 24.9. The third kappa shape index (κ3) is 5.89. The van der Waals surface area contributed by atoms with Gasteiger partial charge >= 0.3 is 0 Å². The third-order valence-electron chi connectivity index (χ3n) is 7.33. The summed E-state index contributed by atoms with van der Waals surface area (Å²) < 4.78 is 0. The number of benzene rings is 1. The SMILES string of the molecule is CCCCCCC(=O)N1CCCN(C(=O)CN2CCc3sccc3C2c2ccccc2C)CC1. The summed E-state index contributed by atoms with van der Waals surface area (Å²) in [5.41, 5.74) is 3.92. The lowest BCUT2D eigenvalue weighted by Crippen LogP contribution is -2.45. The van der Waals surface area contributed by atoms with Gasteiger partial charge in [-0.1, -0.05) is 50.5 Å². The minimum absolute atomic E-state index is 0.133. The van der Waals surface area contributed by atoms with E-state index >= 15 is 0 Å². The molecule has 6 heteroatoms. The maximum Gasteiger partial charge on any atom is 0.236 e. The molecule has 1 fully saturated rings. The number of unbranched alkanes of at least 4 members (excludes halogenated alkanes) is 3. The second-order valence-corrected chi connectivity index (χ2v) is 10.7. The van der Waals surface area contributed by atoms with E-state index in [1.807, 2.05) is 21.1 Å². The molecule has 2 aliphatic heterocycles. The van der Waals surface area contributed by atoms with Crippen LogP contribution in [0.1, 0.15) is 73.1 Å². The van der Waals surface area contributed by atoms with Crippen molar-refractivity contribution in [3.63, 3.8) is 0 Å². The molecule has 0 N–H and O–H groups in total. The molecule has 4 rings (SSSR count). The minimum Gasteiger partial charge on any atom is -0.341 e. The molecule has 34 heavy (non-hydrogen) atoms. The molecular weight excluding hydrogens is 442 g/mol. The van der Waals surface area contributed by atoms with Crippen molar-refractivity contribution in [2.45, 2.75) is 64.8 Å². The highest BCUT2D eigenvalue weighted by atomic mass is 32.1. The van der Waals surface area contributed by atoms with Gasteiger partial charge in [0.15, 0.2) is 0 Å². The summed E-state index contributed by atoms with van der Waals surface area (Å²) in [6.45, 7) is 8.50. The fraction of sp³-hybridized carbons (Fsp3) is 0.571. The molecule has 1 saturated heterocycles. The molecule has 2 amide bonds. The van der Waals surface area contributed by atoms with Crippen LogP contribution < -0.4 is 0 Å². The number of nitrogens with zero attached hydrogens (tertiary/aromatic N) is 3. The van der Waals surface area contributed by atoms with E-state index in [9.17, 15) is 9.59 Å². The van der Waals surface area contributed by atoms with Crippen LogP contribution in [0.2, 0.25) is 0 Å². The van der Waals surface area contributed by atoms with Gasteiger partial charge in [-0.2, -0.15) is 0 Å². The van der Waals surface area contributed by atoms with Gasteiger partial charge in [0.1, 0.15) is 0 Å². The van der Waals surface area contributed by atoms with Crippen molar-refractivity contribution in [1.29, 1.82) is 0 Å². The van der Waals surface area contributed by atoms with Gasteiger partial charge in [0.2, 0.25) is 11.8 Å². The number of amides is 2. The highest BCUT2D eigenvalue weighted by Gasteiger charge is 2.33. The predicted octanol–water partition coefficient (Wildman–Crippen LogP) is 5.04.